The summed E-state index contributed by atoms with van der Waals surface area (Å²) in [6.45, 7) is 3.65. The van der Waals surface area contributed by atoms with Crippen molar-refractivity contribution >= 4 is 27.6 Å². The van der Waals surface area contributed by atoms with Gasteiger partial charge in [0.15, 0.2) is 6.10 Å². The predicted octanol–water partition coefficient (Wildman–Crippen LogP) is 4.59. The van der Waals surface area contributed by atoms with E-state index in [1.54, 1.807) is 50.2 Å². The molecule has 2 aromatic carbocycles. The molecular formula is C21H23BrFNO4. The van der Waals surface area contributed by atoms with Crippen LogP contribution in [-0.4, -0.2) is 35.6 Å². The second kappa shape index (κ2) is 10.5. The van der Waals surface area contributed by atoms with Crippen molar-refractivity contribution in [1.29, 1.82) is 5.41 Å². The number of carbonyl (C=O) groups is 1. The van der Waals surface area contributed by atoms with Gasteiger partial charge in [-0.15, -0.1) is 0 Å². The van der Waals surface area contributed by atoms with Gasteiger partial charge in [-0.1, -0.05) is 40.2 Å². The van der Waals surface area contributed by atoms with E-state index in [1.165, 1.54) is 6.07 Å². The Morgan fingerprint density at radius 2 is 2.00 bits per heavy atom. The van der Waals surface area contributed by atoms with Gasteiger partial charge in [-0.25, -0.2) is 9.18 Å². The molecule has 0 aliphatic rings. The van der Waals surface area contributed by atoms with Gasteiger partial charge < -0.3 is 20.0 Å². The van der Waals surface area contributed by atoms with Gasteiger partial charge in [0.05, 0.1) is 25.0 Å². The largest absolute Gasteiger partial charge is 0.479 e. The molecule has 0 bridgehead atoms. The molecule has 0 radical (unpaired) electrons. The lowest BCUT2D eigenvalue weighted by molar-refractivity contribution is -0.153. The zero-order valence-electron chi connectivity index (χ0n) is 15.7. The minimum atomic E-state index is -1.02. The number of halogens is 2. The summed E-state index contributed by atoms with van der Waals surface area (Å²) in [7, 11) is 0. The van der Waals surface area contributed by atoms with E-state index in [0.29, 0.717) is 15.6 Å². The average Bonchev–Trinajstić information content (AvgIpc) is 2.62. The molecule has 0 aliphatic carbocycles. The Labute approximate surface area is 172 Å². The Balaban J connectivity index is 1.96. The number of hydrogen-bond donors (Lipinski definition) is 2. The first-order valence-electron chi connectivity index (χ1n) is 8.83. The lowest BCUT2D eigenvalue weighted by Gasteiger charge is -2.17. The molecule has 7 heteroatoms. The fraction of sp³-hybridized carbons (Fsp3) is 0.333. The van der Waals surface area contributed by atoms with Crippen molar-refractivity contribution < 1.29 is 23.8 Å². The molecule has 150 valence electrons. The Bertz CT molecular complexity index is 841. The van der Waals surface area contributed by atoms with Crippen LogP contribution in [0.4, 0.5) is 4.39 Å². The molecule has 2 rings (SSSR count). The molecule has 0 aliphatic heterocycles. The van der Waals surface area contributed by atoms with Crippen LogP contribution in [0, 0.1) is 11.2 Å². The van der Waals surface area contributed by atoms with Crippen LogP contribution in [0.1, 0.15) is 30.5 Å². The van der Waals surface area contributed by atoms with E-state index in [1.807, 2.05) is 0 Å². The van der Waals surface area contributed by atoms with Crippen molar-refractivity contribution in [2.45, 2.75) is 39.1 Å². The third-order valence-corrected chi connectivity index (χ3v) is 4.42. The maximum atomic E-state index is 13.8. The third kappa shape index (κ3) is 6.82. The molecule has 1 unspecified atom stereocenters. The SMILES string of the molecule is CC(C)OC(Cc1cccc(C(=N)COCc2ccc(Br)cc2F)c1)C(=O)O. The molecule has 2 N–H and O–H groups in total. The maximum absolute atomic E-state index is 13.8. The van der Waals surface area contributed by atoms with Crippen molar-refractivity contribution in [1.82, 2.24) is 0 Å². The molecular weight excluding hydrogens is 429 g/mol. The van der Waals surface area contributed by atoms with E-state index in [4.69, 9.17) is 14.9 Å². The highest BCUT2D eigenvalue weighted by Crippen LogP contribution is 2.16. The van der Waals surface area contributed by atoms with Gasteiger partial charge in [0.25, 0.3) is 0 Å². The molecule has 2 aromatic rings. The van der Waals surface area contributed by atoms with Crippen LogP contribution in [0.5, 0.6) is 0 Å². The quantitative estimate of drug-likeness (QED) is 0.517. The molecule has 0 amide bonds. The van der Waals surface area contributed by atoms with Crippen molar-refractivity contribution in [3.05, 3.63) is 69.4 Å². The lowest BCUT2D eigenvalue weighted by atomic mass is 10.0. The smallest absolute Gasteiger partial charge is 0.333 e. The Hall–Kier alpha value is -2.09. The minimum Gasteiger partial charge on any atom is -0.479 e. The van der Waals surface area contributed by atoms with Gasteiger partial charge >= 0.3 is 5.97 Å². The summed E-state index contributed by atoms with van der Waals surface area (Å²) < 4.78 is 25.4. The summed E-state index contributed by atoms with van der Waals surface area (Å²) in [5.74, 6) is -1.39. The lowest BCUT2D eigenvalue weighted by Crippen LogP contribution is -2.29. The van der Waals surface area contributed by atoms with Gasteiger partial charge in [-0.05, 0) is 43.2 Å². The first-order valence-corrected chi connectivity index (χ1v) is 9.62. The van der Waals surface area contributed by atoms with Crippen LogP contribution in [0.2, 0.25) is 0 Å². The monoisotopic (exact) mass is 451 g/mol. The van der Waals surface area contributed by atoms with Crippen LogP contribution in [0.25, 0.3) is 0 Å². The van der Waals surface area contributed by atoms with Gasteiger partial charge in [0.2, 0.25) is 0 Å². The van der Waals surface area contributed by atoms with Crippen LogP contribution in [0.15, 0.2) is 46.9 Å². The number of carboxylic acids is 1. The molecule has 5 nitrogen and oxygen atoms in total. The van der Waals surface area contributed by atoms with Crippen LogP contribution >= 0.6 is 15.9 Å². The topological polar surface area (TPSA) is 79.6 Å². The molecule has 0 heterocycles. The van der Waals surface area contributed by atoms with Crippen LogP contribution in [0.3, 0.4) is 0 Å². The van der Waals surface area contributed by atoms with Crippen LogP contribution < -0.4 is 0 Å². The summed E-state index contributed by atoms with van der Waals surface area (Å²) in [5, 5.41) is 17.5. The molecule has 0 spiro atoms. The molecule has 0 saturated heterocycles. The Kier molecular flexibility index (Phi) is 8.29. The first-order chi connectivity index (χ1) is 13.3. The number of rotatable bonds is 10. The van der Waals surface area contributed by atoms with Crippen LogP contribution in [-0.2, 0) is 27.3 Å². The molecule has 0 saturated carbocycles. The maximum Gasteiger partial charge on any atom is 0.333 e. The van der Waals surface area contributed by atoms with Crippen molar-refractivity contribution in [2.75, 3.05) is 6.61 Å². The number of ether oxygens (including phenoxy) is 2. The predicted molar refractivity (Wildman–Crippen MR) is 108 cm³/mol. The number of carboxylic acid groups (broad SMARTS) is 1. The van der Waals surface area contributed by atoms with E-state index >= 15 is 0 Å². The normalized spacial score (nSPS) is 12.2. The minimum absolute atomic E-state index is 0.0177. The fourth-order valence-corrected chi connectivity index (χ4v) is 2.94. The Morgan fingerprint density at radius 3 is 2.64 bits per heavy atom. The molecule has 1 atom stereocenters. The van der Waals surface area contributed by atoms with Gasteiger partial charge in [0.1, 0.15) is 5.82 Å². The number of aliphatic carboxylic acids is 1. The summed E-state index contributed by atoms with van der Waals surface area (Å²) in [6.07, 6.45) is -0.935. The fourth-order valence-electron chi connectivity index (χ4n) is 2.61. The van der Waals surface area contributed by atoms with E-state index in [2.05, 4.69) is 15.9 Å². The van der Waals surface area contributed by atoms with E-state index in [0.717, 1.165) is 5.56 Å². The first kappa shape index (κ1) is 22.2. The molecule has 28 heavy (non-hydrogen) atoms. The van der Waals surface area contributed by atoms with E-state index < -0.39 is 12.1 Å². The highest BCUT2D eigenvalue weighted by atomic mass is 79.9. The average molecular weight is 452 g/mol. The zero-order chi connectivity index (χ0) is 20.7. The summed E-state index contributed by atoms with van der Waals surface area (Å²) in [6, 6.07) is 11.8. The number of hydrogen-bond acceptors (Lipinski definition) is 4. The van der Waals surface area contributed by atoms with Gasteiger partial charge in [-0.2, -0.15) is 0 Å². The van der Waals surface area contributed by atoms with E-state index in [9.17, 15) is 14.3 Å². The van der Waals surface area contributed by atoms with Crippen molar-refractivity contribution in [3.8, 4) is 0 Å². The second-order valence-electron chi connectivity index (χ2n) is 6.62. The number of benzene rings is 2. The third-order valence-electron chi connectivity index (χ3n) is 3.93. The Morgan fingerprint density at radius 1 is 1.25 bits per heavy atom. The van der Waals surface area contributed by atoms with Crippen molar-refractivity contribution in [2.24, 2.45) is 0 Å². The number of nitrogens with one attached hydrogen (secondary N) is 1. The summed E-state index contributed by atoms with van der Waals surface area (Å²) >= 11 is 3.20. The van der Waals surface area contributed by atoms with Gasteiger partial charge in [-0.3, -0.25) is 0 Å². The van der Waals surface area contributed by atoms with Gasteiger partial charge in [0, 0.05) is 16.5 Å². The second-order valence-corrected chi connectivity index (χ2v) is 7.54. The summed E-state index contributed by atoms with van der Waals surface area (Å²) in [5.41, 5.74) is 2.03. The zero-order valence-corrected chi connectivity index (χ0v) is 17.3. The van der Waals surface area contributed by atoms with Crippen molar-refractivity contribution in [3.63, 3.8) is 0 Å². The highest BCUT2D eigenvalue weighted by Gasteiger charge is 2.20. The standard InChI is InChI=1S/C21H23BrFNO4/c1-13(2)28-20(21(25)26)9-14-4-3-5-15(8-14)19(24)12-27-11-16-6-7-17(22)10-18(16)23/h3-8,10,13,20,24H,9,11-12H2,1-2H3,(H,25,26). The highest BCUT2D eigenvalue weighted by molar-refractivity contribution is 9.10. The summed E-state index contributed by atoms with van der Waals surface area (Å²) in [4.78, 5) is 11.4. The van der Waals surface area contributed by atoms with E-state index in [-0.39, 0.29) is 37.3 Å². The molecule has 0 aromatic heterocycles. The molecule has 0 fully saturated rings.